The van der Waals surface area contributed by atoms with Crippen LogP contribution in [0.3, 0.4) is 0 Å². The number of aliphatic hydroxyl groups excluding tert-OH is 5. The summed E-state index contributed by atoms with van der Waals surface area (Å²) in [7, 11) is 0. The van der Waals surface area contributed by atoms with Crippen LogP contribution >= 0.6 is 0 Å². The van der Waals surface area contributed by atoms with Crippen LogP contribution < -0.4 is 5.32 Å². The number of hydrogen-bond donors (Lipinski definition) is 6. The van der Waals surface area contributed by atoms with Gasteiger partial charge in [-0.15, -0.1) is 0 Å². The molecule has 1 amide bonds. The lowest BCUT2D eigenvalue weighted by Gasteiger charge is -2.40. The first kappa shape index (κ1) is 61.6. The fourth-order valence-corrected chi connectivity index (χ4v) is 8.14. The van der Waals surface area contributed by atoms with Gasteiger partial charge in [0.25, 0.3) is 0 Å². The van der Waals surface area contributed by atoms with Gasteiger partial charge in [0, 0.05) is 6.42 Å². The molecule has 0 saturated carbocycles. The van der Waals surface area contributed by atoms with E-state index in [1.54, 1.807) is 6.08 Å². The van der Waals surface area contributed by atoms with Crippen molar-refractivity contribution in [2.45, 2.75) is 269 Å². The van der Waals surface area contributed by atoms with Crippen LogP contribution in [0.1, 0.15) is 226 Å². The zero-order valence-electron chi connectivity index (χ0n) is 42.2. The molecule has 1 saturated heterocycles. The standard InChI is InChI=1S/C57H101NO8/c1-3-5-7-9-11-13-15-17-19-21-23-25-27-28-30-32-34-36-38-40-42-44-46-51(60)50(49-65-57-56(64)55(63)54(62)52(48-59)66-57)58-53(61)47-45-43-41-39-37-35-33-31-29-26-24-22-20-18-16-14-12-10-8-6-4-2/h16,18,22,24,28-31,36,38,44,46,50-52,54-57,59-60,62-64H,3-15,17,19-21,23,25-27,32-35,37,39-43,45,47-49H2,1-2H3,(H,58,61)/b18-16-,24-22-,30-28+,31-29-,38-36+,46-44+. The maximum Gasteiger partial charge on any atom is 0.220 e. The van der Waals surface area contributed by atoms with E-state index in [9.17, 15) is 30.3 Å². The Bertz CT molecular complexity index is 1260. The van der Waals surface area contributed by atoms with Gasteiger partial charge in [0.05, 0.1) is 25.4 Å². The molecule has 9 nitrogen and oxygen atoms in total. The monoisotopic (exact) mass is 928 g/mol. The minimum absolute atomic E-state index is 0.205. The van der Waals surface area contributed by atoms with Crippen molar-refractivity contribution in [1.82, 2.24) is 5.32 Å². The van der Waals surface area contributed by atoms with E-state index >= 15 is 0 Å². The Morgan fingerprint density at radius 1 is 0.515 bits per heavy atom. The van der Waals surface area contributed by atoms with Crippen LogP contribution in [-0.2, 0) is 14.3 Å². The van der Waals surface area contributed by atoms with Crippen LogP contribution in [0, 0.1) is 0 Å². The van der Waals surface area contributed by atoms with Crippen molar-refractivity contribution in [2.24, 2.45) is 0 Å². The predicted molar refractivity (Wildman–Crippen MR) is 276 cm³/mol. The molecule has 7 unspecified atom stereocenters. The molecule has 1 aliphatic heterocycles. The molecule has 6 N–H and O–H groups in total. The van der Waals surface area contributed by atoms with Gasteiger partial charge < -0.3 is 40.3 Å². The molecule has 1 fully saturated rings. The number of carbonyl (C=O) groups is 1. The molecule has 1 heterocycles. The van der Waals surface area contributed by atoms with E-state index in [4.69, 9.17) is 9.47 Å². The molecule has 1 aliphatic rings. The van der Waals surface area contributed by atoms with E-state index in [0.717, 1.165) is 83.5 Å². The van der Waals surface area contributed by atoms with Gasteiger partial charge in [0.15, 0.2) is 6.29 Å². The Hall–Kier alpha value is -2.37. The van der Waals surface area contributed by atoms with Gasteiger partial charge in [-0.25, -0.2) is 0 Å². The van der Waals surface area contributed by atoms with Crippen molar-refractivity contribution in [3.8, 4) is 0 Å². The van der Waals surface area contributed by atoms with Crippen molar-refractivity contribution in [3.05, 3.63) is 72.9 Å². The topological polar surface area (TPSA) is 149 Å². The molecular weight excluding hydrogens is 827 g/mol. The maximum atomic E-state index is 13.0. The highest BCUT2D eigenvalue weighted by Crippen LogP contribution is 2.23. The van der Waals surface area contributed by atoms with Crippen molar-refractivity contribution in [1.29, 1.82) is 0 Å². The third kappa shape index (κ3) is 35.7. The lowest BCUT2D eigenvalue weighted by Crippen LogP contribution is -2.60. The molecule has 0 aromatic heterocycles. The van der Waals surface area contributed by atoms with Crippen LogP contribution in [0.15, 0.2) is 72.9 Å². The van der Waals surface area contributed by atoms with Crippen LogP contribution in [0.5, 0.6) is 0 Å². The highest BCUT2D eigenvalue weighted by atomic mass is 16.7. The minimum Gasteiger partial charge on any atom is -0.394 e. The molecule has 0 spiro atoms. The molecule has 0 radical (unpaired) electrons. The smallest absolute Gasteiger partial charge is 0.220 e. The van der Waals surface area contributed by atoms with Crippen molar-refractivity contribution < 1.29 is 39.8 Å². The number of unbranched alkanes of at least 4 members (excludes halogenated alkanes) is 25. The zero-order chi connectivity index (χ0) is 48.0. The second-order valence-electron chi connectivity index (χ2n) is 18.6. The summed E-state index contributed by atoms with van der Waals surface area (Å²) in [5.41, 5.74) is 0. The van der Waals surface area contributed by atoms with E-state index in [2.05, 4.69) is 79.9 Å². The Morgan fingerprint density at radius 3 is 1.38 bits per heavy atom. The number of allylic oxidation sites excluding steroid dienone is 11. The van der Waals surface area contributed by atoms with E-state index in [-0.39, 0.29) is 12.5 Å². The zero-order valence-corrected chi connectivity index (χ0v) is 42.2. The van der Waals surface area contributed by atoms with E-state index < -0.39 is 49.5 Å². The number of nitrogens with one attached hydrogen (secondary N) is 1. The molecule has 1 rings (SSSR count). The Labute approximate surface area is 404 Å². The molecule has 7 atom stereocenters. The number of ether oxygens (including phenoxy) is 2. The van der Waals surface area contributed by atoms with E-state index in [0.29, 0.717) is 6.42 Å². The molecule has 0 aliphatic carbocycles. The van der Waals surface area contributed by atoms with Crippen molar-refractivity contribution >= 4 is 5.91 Å². The maximum absolute atomic E-state index is 13.0. The summed E-state index contributed by atoms with van der Waals surface area (Å²) >= 11 is 0. The molecule has 0 aromatic carbocycles. The number of rotatable bonds is 45. The van der Waals surface area contributed by atoms with E-state index in [1.165, 1.54) is 122 Å². The summed E-state index contributed by atoms with van der Waals surface area (Å²) in [6.45, 7) is 3.74. The fraction of sp³-hybridized carbons (Fsp3) is 0.772. The first-order valence-electron chi connectivity index (χ1n) is 27.2. The Kier molecular flexibility index (Phi) is 43.3. The number of aliphatic hydroxyl groups is 5. The summed E-state index contributed by atoms with van der Waals surface area (Å²) in [5, 5.41) is 54.4. The van der Waals surface area contributed by atoms with Gasteiger partial charge in [-0.3, -0.25) is 4.79 Å². The summed E-state index contributed by atoms with van der Waals surface area (Å²) < 4.78 is 11.2. The van der Waals surface area contributed by atoms with Crippen LogP contribution in [0.4, 0.5) is 0 Å². The summed E-state index contributed by atoms with van der Waals surface area (Å²) in [6, 6.07) is -0.839. The van der Waals surface area contributed by atoms with Crippen molar-refractivity contribution in [2.75, 3.05) is 13.2 Å². The SMILES string of the molecule is CCCCCCC/C=C\C/C=C\C/C=C\CCCCCCCCC(=O)NC(COC1OC(CO)C(O)C(O)C1O)C(O)/C=C/CC/C=C/CC/C=C/CCCCCCCCCCCCCC. The number of carbonyl (C=O) groups excluding carboxylic acids is 1. The molecule has 382 valence electrons. The highest BCUT2D eigenvalue weighted by Gasteiger charge is 2.44. The van der Waals surface area contributed by atoms with Gasteiger partial charge in [-0.1, -0.05) is 209 Å². The van der Waals surface area contributed by atoms with Gasteiger partial charge in [0.1, 0.15) is 24.4 Å². The van der Waals surface area contributed by atoms with Crippen molar-refractivity contribution in [3.63, 3.8) is 0 Å². The Balaban J connectivity index is 2.33. The highest BCUT2D eigenvalue weighted by molar-refractivity contribution is 5.76. The predicted octanol–water partition coefficient (Wildman–Crippen LogP) is 12.9. The molecule has 9 heteroatoms. The van der Waals surface area contributed by atoms with Gasteiger partial charge in [0.2, 0.25) is 5.91 Å². The fourth-order valence-electron chi connectivity index (χ4n) is 8.14. The average molecular weight is 928 g/mol. The third-order valence-corrected chi connectivity index (χ3v) is 12.5. The number of amides is 1. The minimum atomic E-state index is -1.58. The Morgan fingerprint density at radius 2 is 0.909 bits per heavy atom. The van der Waals surface area contributed by atoms with Gasteiger partial charge in [-0.2, -0.15) is 0 Å². The molecule has 0 aromatic rings. The largest absolute Gasteiger partial charge is 0.394 e. The van der Waals surface area contributed by atoms with Gasteiger partial charge >= 0.3 is 0 Å². The molecular formula is C57H101NO8. The quantitative estimate of drug-likeness (QED) is 0.0261. The van der Waals surface area contributed by atoms with Crippen LogP contribution in [-0.4, -0.2) is 87.5 Å². The summed E-state index contributed by atoms with van der Waals surface area (Å²) in [5.74, 6) is -0.205. The third-order valence-electron chi connectivity index (χ3n) is 12.5. The second-order valence-corrected chi connectivity index (χ2v) is 18.6. The lowest BCUT2D eigenvalue weighted by atomic mass is 9.99. The van der Waals surface area contributed by atoms with Crippen LogP contribution in [0.2, 0.25) is 0 Å². The average Bonchev–Trinajstić information content (AvgIpc) is 3.32. The molecule has 66 heavy (non-hydrogen) atoms. The number of hydrogen-bond acceptors (Lipinski definition) is 8. The summed E-state index contributed by atoms with van der Waals surface area (Å²) in [6.07, 6.45) is 56.7. The normalized spacial score (nSPS) is 20.4. The first-order valence-corrected chi connectivity index (χ1v) is 27.2. The first-order chi connectivity index (χ1) is 32.3. The summed E-state index contributed by atoms with van der Waals surface area (Å²) in [4.78, 5) is 13.0. The molecule has 0 bridgehead atoms. The lowest BCUT2D eigenvalue weighted by molar-refractivity contribution is -0.302. The second kappa shape index (κ2) is 46.4. The van der Waals surface area contributed by atoms with Gasteiger partial charge in [-0.05, 0) is 83.5 Å². The van der Waals surface area contributed by atoms with E-state index in [1.807, 2.05) is 6.08 Å². The van der Waals surface area contributed by atoms with Crippen LogP contribution in [0.25, 0.3) is 0 Å².